The summed E-state index contributed by atoms with van der Waals surface area (Å²) in [5.41, 5.74) is -0.270. The molecule has 0 spiro atoms. The van der Waals surface area contributed by atoms with Crippen LogP contribution in [-0.4, -0.2) is 40.3 Å². The first-order valence-electron chi connectivity index (χ1n) is 9.53. The summed E-state index contributed by atoms with van der Waals surface area (Å²) in [7, 11) is 0. The van der Waals surface area contributed by atoms with Crippen LogP contribution in [0.15, 0.2) is 18.2 Å². The van der Waals surface area contributed by atoms with Crippen molar-refractivity contribution >= 4 is 23.5 Å². The number of non-ortho nitro benzene ring substituents is 1. The molecular weight excluding hydrogens is 364 g/mol. The van der Waals surface area contributed by atoms with Crippen LogP contribution in [0.3, 0.4) is 0 Å². The molecule has 0 aromatic heterocycles. The number of hydrogen-bond acceptors (Lipinski definition) is 6. The molecule has 2 amide bonds. The van der Waals surface area contributed by atoms with E-state index in [0.29, 0.717) is 11.8 Å². The number of ether oxygens (including phenoxy) is 1. The third-order valence-corrected chi connectivity index (χ3v) is 5.70. The van der Waals surface area contributed by atoms with Crippen LogP contribution < -0.4 is 0 Å². The van der Waals surface area contributed by atoms with Gasteiger partial charge in [-0.1, -0.05) is 27.2 Å². The maximum Gasteiger partial charge on any atom is 0.326 e. The fraction of sp³-hybridized carbons (Fsp3) is 0.550. The average Bonchev–Trinajstić information content (AvgIpc) is 2.86. The molecule has 3 atom stereocenters. The van der Waals surface area contributed by atoms with Crippen LogP contribution in [0.5, 0.6) is 0 Å². The first kappa shape index (κ1) is 20.0. The Morgan fingerprint density at radius 2 is 1.93 bits per heavy atom. The Morgan fingerprint density at radius 1 is 1.25 bits per heavy atom. The van der Waals surface area contributed by atoms with Gasteiger partial charge in [0.25, 0.3) is 17.5 Å². The highest BCUT2D eigenvalue weighted by Crippen LogP contribution is 2.35. The van der Waals surface area contributed by atoms with Crippen LogP contribution in [-0.2, 0) is 9.53 Å². The molecule has 8 nitrogen and oxygen atoms in total. The summed E-state index contributed by atoms with van der Waals surface area (Å²) >= 11 is 0. The van der Waals surface area contributed by atoms with E-state index in [1.165, 1.54) is 12.1 Å². The topological polar surface area (TPSA) is 107 Å². The summed E-state index contributed by atoms with van der Waals surface area (Å²) in [5.74, 6) is -0.904. The molecule has 2 aliphatic rings. The van der Waals surface area contributed by atoms with Gasteiger partial charge in [-0.05, 0) is 36.7 Å². The number of hydrogen-bond donors (Lipinski definition) is 0. The SMILES string of the molecule is CC(C)[C@@H]1CC[C@H](C)C[C@@H]1OC(=O)CN1C(=O)c2ccc([N+](=O)[O-])cc2C1=O. The van der Waals surface area contributed by atoms with Crippen molar-refractivity contribution in [3.8, 4) is 0 Å². The van der Waals surface area contributed by atoms with Gasteiger partial charge in [0.1, 0.15) is 12.6 Å². The van der Waals surface area contributed by atoms with Gasteiger partial charge in [-0.2, -0.15) is 0 Å². The molecule has 1 saturated carbocycles. The first-order valence-corrected chi connectivity index (χ1v) is 9.53. The highest BCUT2D eigenvalue weighted by molar-refractivity contribution is 6.22. The minimum atomic E-state index is -0.710. The van der Waals surface area contributed by atoms with Crippen LogP contribution in [0, 0.1) is 27.9 Å². The fourth-order valence-electron chi connectivity index (χ4n) is 4.12. The second-order valence-corrected chi connectivity index (χ2v) is 8.04. The summed E-state index contributed by atoms with van der Waals surface area (Å²) in [6, 6.07) is 3.48. The van der Waals surface area contributed by atoms with Gasteiger partial charge in [-0.25, -0.2) is 0 Å². The van der Waals surface area contributed by atoms with E-state index in [0.717, 1.165) is 30.2 Å². The summed E-state index contributed by atoms with van der Waals surface area (Å²) in [6.45, 7) is 5.82. The predicted octanol–water partition coefficient (Wildman–Crippen LogP) is 3.19. The quantitative estimate of drug-likeness (QED) is 0.332. The van der Waals surface area contributed by atoms with Crippen molar-refractivity contribution < 1.29 is 24.0 Å². The molecule has 0 radical (unpaired) electrons. The number of amides is 2. The molecule has 0 bridgehead atoms. The second-order valence-electron chi connectivity index (χ2n) is 8.04. The van der Waals surface area contributed by atoms with Crippen molar-refractivity contribution in [1.82, 2.24) is 4.90 Å². The van der Waals surface area contributed by atoms with E-state index in [4.69, 9.17) is 4.74 Å². The van der Waals surface area contributed by atoms with Gasteiger partial charge in [0.2, 0.25) is 0 Å². The number of fused-ring (bicyclic) bond motifs is 1. The van der Waals surface area contributed by atoms with Crippen molar-refractivity contribution in [3.63, 3.8) is 0 Å². The van der Waals surface area contributed by atoms with E-state index in [9.17, 15) is 24.5 Å². The van der Waals surface area contributed by atoms with Gasteiger partial charge in [-0.3, -0.25) is 29.4 Å². The molecule has 3 rings (SSSR count). The van der Waals surface area contributed by atoms with E-state index >= 15 is 0 Å². The molecular formula is C20H24N2O6. The van der Waals surface area contributed by atoms with Crippen molar-refractivity contribution in [3.05, 3.63) is 39.4 Å². The molecule has 28 heavy (non-hydrogen) atoms. The molecule has 1 aliphatic carbocycles. The standard InChI is InChI=1S/C20H24N2O6/c1-11(2)14-6-4-12(3)8-17(14)28-18(23)10-21-19(24)15-7-5-13(22(26)27)9-16(15)20(21)25/h5,7,9,11-12,14,17H,4,6,8,10H2,1-3H3/t12-,14-,17-/m0/s1. The largest absolute Gasteiger partial charge is 0.461 e. The lowest BCUT2D eigenvalue weighted by Crippen LogP contribution is -2.40. The maximum absolute atomic E-state index is 12.5. The van der Waals surface area contributed by atoms with E-state index in [-0.39, 0.29) is 28.8 Å². The number of rotatable bonds is 5. The van der Waals surface area contributed by atoms with Gasteiger partial charge in [0, 0.05) is 12.1 Å². The predicted molar refractivity (Wildman–Crippen MR) is 99.7 cm³/mol. The maximum atomic E-state index is 12.5. The number of nitrogens with zero attached hydrogens (tertiary/aromatic N) is 2. The number of esters is 1. The number of carbonyl (C=O) groups is 3. The van der Waals surface area contributed by atoms with Crippen molar-refractivity contribution in [1.29, 1.82) is 0 Å². The summed E-state index contributed by atoms with van der Waals surface area (Å²) in [5, 5.41) is 10.9. The van der Waals surface area contributed by atoms with Gasteiger partial charge >= 0.3 is 5.97 Å². The monoisotopic (exact) mass is 388 g/mol. The van der Waals surface area contributed by atoms with Crippen LogP contribution in [0.25, 0.3) is 0 Å². The van der Waals surface area contributed by atoms with Crippen molar-refractivity contribution in [2.24, 2.45) is 17.8 Å². The van der Waals surface area contributed by atoms with E-state index in [1.54, 1.807) is 0 Å². The molecule has 1 aliphatic heterocycles. The normalized spacial score (nSPS) is 24.4. The van der Waals surface area contributed by atoms with Crippen LogP contribution in [0.1, 0.15) is 60.7 Å². The Bertz CT molecular complexity index is 834. The molecule has 1 aromatic carbocycles. The van der Waals surface area contributed by atoms with Gasteiger partial charge in [-0.15, -0.1) is 0 Å². The van der Waals surface area contributed by atoms with Gasteiger partial charge in [0.15, 0.2) is 0 Å². The molecule has 0 saturated heterocycles. The minimum Gasteiger partial charge on any atom is -0.461 e. The lowest BCUT2D eigenvalue weighted by atomic mass is 9.75. The number of carbonyl (C=O) groups excluding carboxylic acids is 3. The highest BCUT2D eigenvalue weighted by atomic mass is 16.6. The fourth-order valence-corrected chi connectivity index (χ4v) is 4.12. The number of imide groups is 1. The number of nitro benzene ring substituents is 1. The molecule has 1 fully saturated rings. The number of benzene rings is 1. The third kappa shape index (κ3) is 3.76. The average molecular weight is 388 g/mol. The van der Waals surface area contributed by atoms with Gasteiger partial charge in [0.05, 0.1) is 16.1 Å². The summed E-state index contributed by atoms with van der Waals surface area (Å²) in [4.78, 5) is 48.5. The molecule has 0 unspecified atom stereocenters. The zero-order valence-electron chi connectivity index (χ0n) is 16.2. The molecule has 8 heteroatoms. The second kappa shape index (κ2) is 7.69. The lowest BCUT2D eigenvalue weighted by Gasteiger charge is -2.36. The van der Waals surface area contributed by atoms with E-state index in [1.807, 2.05) is 0 Å². The molecule has 1 aromatic rings. The van der Waals surface area contributed by atoms with E-state index in [2.05, 4.69) is 20.8 Å². The smallest absolute Gasteiger partial charge is 0.326 e. The van der Waals surface area contributed by atoms with Crippen molar-refractivity contribution in [2.75, 3.05) is 6.54 Å². The Hall–Kier alpha value is -2.77. The number of nitro groups is 1. The zero-order chi connectivity index (χ0) is 20.6. The Morgan fingerprint density at radius 3 is 2.57 bits per heavy atom. The van der Waals surface area contributed by atoms with Crippen LogP contribution >= 0.6 is 0 Å². The minimum absolute atomic E-state index is 0.0571. The van der Waals surface area contributed by atoms with Crippen LogP contribution in [0.2, 0.25) is 0 Å². The lowest BCUT2D eigenvalue weighted by molar-refractivity contribution is -0.384. The molecule has 0 N–H and O–H groups in total. The van der Waals surface area contributed by atoms with Crippen LogP contribution in [0.4, 0.5) is 5.69 Å². The zero-order valence-corrected chi connectivity index (χ0v) is 16.2. The summed E-state index contributed by atoms with van der Waals surface area (Å²) < 4.78 is 5.66. The summed E-state index contributed by atoms with van der Waals surface area (Å²) in [6.07, 6.45) is 2.61. The Balaban J connectivity index is 1.71. The molecule has 1 heterocycles. The Labute approximate surface area is 163 Å². The van der Waals surface area contributed by atoms with Crippen molar-refractivity contribution in [2.45, 2.75) is 46.1 Å². The first-order chi connectivity index (χ1) is 13.2. The third-order valence-electron chi connectivity index (χ3n) is 5.70. The van der Waals surface area contributed by atoms with E-state index < -0.39 is 29.3 Å². The highest BCUT2D eigenvalue weighted by Gasteiger charge is 2.39. The van der Waals surface area contributed by atoms with Gasteiger partial charge < -0.3 is 4.74 Å². The molecule has 150 valence electrons. The Kier molecular flexibility index (Phi) is 5.49.